The minimum absolute atomic E-state index is 0.244. The van der Waals surface area contributed by atoms with Crippen LogP contribution in [-0.2, 0) is 0 Å². The Morgan fingerprint density at radius 2 is 2.25 bits per heavy atom. The number of hydrogen-bond acceptors (Lipinski definition) is 3. The number of nitrogens with zero attached hydrogens (tertiary/aromatic N) is 2. The van der Waals surface area contributed by atoms with E-state index >= 15 is 0 Å². The molecule has 4 heteroatoms. The van der Waals surface area contributed by atoms with Gasteiger partial charge in [0.25, 0.3) is 0 Å². The molecule has 0 fully saturated rings. The van der Waals surface area contributed by atoms with E-state index in [9.17, 15) is 0 Å². The molecule has 3 nitrogen and oxygen atoms in total. The molecule has 0 unspecified atom stereocenters. The van der Waals surface area contributed by atoms with Crippen LogP contribution in [0.1, 0.15) is 38.3 Å². The first kappa shape index (κ1) is 13.0. The third kappa shape index (κ3) is 4.19. The van der Waals surface area contributed by atoms with Crippen LogP contribution in [0.5, 0.6) is 5.75 Å². The van der Waals surface area contributed by atoms with Crippen LogP contribution in [-0.4, -0.2) is 17.1 Å². The quantitative estimate of drug-likeness (QED) is 0.561. The molecule has 0 saturated carbocycles. The average molecular weight is 241 g/mol. The number of allylic oxidation sites excluding steroid dienone is 1. The smallest absolute Gasteiger partial charge is 0.223 e. The number of aromatic nitrogens is 2. The summed E-state index contributed by atoms with van der Waals surface area (Å²) in [6.45, 7) is 2.19. The lowest BCUT2D eigenvalue weighted by Gasteiger charge is -2.02. The van der Waals surface area contributed by atoms with Gasteiger partial charge in [-0.2, -0.15) is 0 Å². The second-order valence-corrected chi connectivity index (χ2v) is 3.83. The monoisotopic (exact) mass is 240 g/mol. The van der Waals surface area contributed by atoms with E-state index in [0.717, 1.165) is 12.1 Å². The maximum absolute atomic E-state index is 5.72. The van der Waals surface area contributed by atoms with Crippen LogP contribution in [0.2, 0.25) is 5.28 Å². The van der Waals surface area contributed by atoms with Gasteiger partial charge in [0, 0.05) is 0 Å². The maximum Gasteiger partial charge on any atom is 0.223 e. The number of methoxy groups -OCH3 is 1. The van der Waals surface area contributed by atoms with Gasteiger partial charge in [0.2, 0.25) is 5.28 Å². The van der Waals surface area contributed by atoms with Gasteiger partial charge in [-0.25, -0.2) is 9.97 Å². The summed E-state index contributed by atoms with van der Waals surface area (Å²) in [5, 5.41) is 0.244. The molecule has 1 rings (SSSR count). The topological polar surface area (TPSA) is 35.0 Å². The fourth-order valence-corrected chi connectivity index (χ4v) is 1.49. The molecule has 1 heterocycles. The van der Waals surface area contributed by atoms with Crippen molar-refractivity contribution in [1.82, 2.24) is 9.97 Å². The molecule has 1 aromatic heterocycles. The lowest BCUT2D eigenvalue weighted by Crippen LogP contribution is -1.92. The first-order valence-electron chi connectivity index (χ1n) is 5.51. The van der Waals surface area contributed by atoms with Crippen LogP contribution in [0.4, 0.5) is 0 Å². The van der Waals surface area contributed by atoms with Gasteiger partial charge in [0.15, 0.2) is 5.75 Å². The van der Waals surface area contributed by atoms with Crippen LogP contribution < -0.4 is 4.74 Å². The second-order valence-electron chi connectivity index (χ2n) is 3.49. The summed E-state index contributed by atoms with van der Waals surface area (Å²) < 4.78 is 5.14. The summed E-state index contributed by atoms with van der Waals surface area (Å²) in [6.07, 6.45) is 10.4. The lowest BCUT2D eigenvalue weighted by molar-refractivity contribution is 0.409. The Morgan fingerprint density at radius 1 is 1.44 bits per heavy atom. The standard InChI is InChI=1S/C12H17ClN2O/c1-3-4-5-6-7-8-10-11(16-2)9-14-12(13)15-10/h7-9H,3-6H2,1-2H3. The summed E-state index contributed by atoms with van der Waals surface area (Å²) in [4.78, 5) is 7.97. The van der Waals surface area contributed by atoms with Crippen LogP contribution in [0, 0.1) is 0 Å². The molecule has 1 aromatic rings. The molecule has 0 bridgehead atoms. The Hall–Kier alpha value is -1.09. The predicted octanol–water partition coefficient (Wildman–Crippen LogP) is 3.73. The van der Waals surface area contributed by atoms with Crippen molar-refractivity contribution in [3.05, 3.63) is 23.3 Å². The summed E-state index contributed by atoms with van der Waals surface area (Å²) in [5.74, 6) is 0.649. The molecule has 0 saturated heterocycles. The van der Waals surface area contributed by atoms with Crippen molar-refractivity contribution in [3.63, 3.8) is 0 Å². The second kappa shape index (κ2) is 7.23. The van der Waals surface area contributed by atoms with E-state index in [1.165, 1.54) is 19.3 Å². The SMILES string of the molecule is CCCCCC=Cc1nc(Cl)ncc1OC. The van der Waals surface area contributed by atoms with Gasteiger partial charge in [0.1, 0.15) is 5.69 Å². The average Bonchev–Trinajstić information content (AvgIpc) is 2.29. The van der Waals surface area contributed by atoms with E-state index in [1.807, 2.05) is 6.08 Å². The number of halogens is 1. The van der Waals surface area contributed by atoms with E-state index in [4.69, 9.17) is 16.3 Å². The molecule has 0 radical (unpaired) electrons. The van der Waals surface area contributed by atoms with Crippen molar-refractivity contribution in [1.29, 1.82) is 0 Å². The minimum atomic E-state index is 0.244. The number of hydrogen-bond donors (Lipinski definition) is 0. The van der Waals surface area contributed by atoms with Crippen molar-refractivity contribution in [2.45, 2.75) is 32.6 Å². The minimum Gasteiger partial charge on any atom is -0.493 e. The third-order valence-electron chi connectivity index (χ3n) is 2.22. The van der Waals surface area contributed by atoms with Gasteiger partial charge in [0.05, 0.1) is 13.3 Å². The molecule has 0 amide bonds. The Morgan fingerprint density at radius 3 is 2.94 bits per heavy atom. The van der Waals surface area contributed by atoms with Crippen LogP contribution in [0.25, 0.3) is 6.08 Å². The van der Waals surface area contributed by atoms with Crippen molar-refractivity contribution < 1.29 is 4.74 Å². The van der Waals surface area contributed by atoms with Gasteiger partial charge in [-0.3, -0.25) is 0 Å². The van der Waals surface area contributed by atoms with E-state index < -0.39 is 0 Å². The van der Waals surface area contributed by atoms with Crippen molar-refractivity contribution >= 4 is 17.7 Å². The Kier molecular flexibility index (Phi) is 5.86. The normalized spacial score (nSPS) is 10.9. The molecule has 0 aromatic carbocycles. The fraction of sp³-hybridized carbons (Fsp3) is 0.500. The van der Waals surface area contributed by atoms with Crippen molar-refractivity contribution in [2.24, 2.45) is 0 Å². The molecule has 0 N–H and O–H groups in total. The van der Waals surface area contributed by atoms with E-state index in [0.29, 0.717) is 5.75 Å². The summed E-state index contributed by atoms with van der Waals surface area (Å²) in [5.41, 5.74) is 0.735. The fourth-order valence-electron chi connectivity index (χ4n) is 1.35. The molecule has 0 aliphatic carbocycles. The first-order valence-corrected chi connectivity index (χ1v) is 5.88. The Balaban J connectivity index is 2.60. The molecule has 0 aliphatic heterocycles. The summed E-state index contributed by atoms with van der Waals surface area (Å²) in [6, 6.07) is 0. The van der Waals surface area contributed by atoms with E-state index in [2.05, 4.69) is 23.0 Å². The van der Waals surface area contributed by atoms with Gasteiger partial charge >= 0.3 is 0 Å². The highest BCUT2D eigenvalue weighted by atomic mass is 35.5. The highest BCUT2D eigenvalue weighted by Crippen LogP contribution is 2.18. The van der Waals surface area contributed by atoms with Crippen molar-refractivity contribution in [2.75, 3.05) is 7.11 Å². The highest BCUT2D eigenvalue weighted by Gasteiger charge is 2.02. The number of ether oxygens (including phenoxy) is 1. The summed E-state index contributed by atoms with van der Waals surface area (Å²) in [7, 11) is 1.60. The molecule has 0 spiro atoms. The summed E-state index contributed by atoms with van der Waals surface area (Å²) >= 11 is 5.72. The molecule has 88 valence electrons. The van der Waals surface area contributed by atoms with E-state index in [1.54, 1.807) is 13.3 Å². The first-order chi connectivity index (χ1) is 7.77. The van der Waals surface area contributed by atoms with Gasteiger partial charge in [-0.15, -0.1) is 0 Å². The maximum atomic E-state index is 5.72. The van der Waals surface area contributed by atoms with E-state index in [-0.39, 0.29) is 5.28 Å². The van der Waals surface area contributed by atoms with Gasteiger partial charge in [-0.05, 0) is 30.5 Å². The largest absolute Gasteiger partial charge is 0.493 e. The molecule has 0 atom stereocenters. The third-order valence-corrected chi connectivity index (χ3v) is 2.41. The molecule has 16 heavy (non-hydrogen) atoms. The number of rotatable bonds is 6. The zero-order chi connectivity index (χ0) is 11.8. The zero-order valence-corrected chi connectivity index (χ0v) is 10.5. The van der Waals surface area contributed by atoms with Crippen LogP contribution in [0.15, 0.2) is 12.3 Å². The van der Waals surface area contributed by atoms with Crippen molar-refractivity contribution in [3.8, 4) is 5.75 Å². The Labute approximate surface area is 102 Å². The zero-order valence-electron chi connectivity index (χ0n) is 9.74. The molecular weight excluding hydrogens is 224 g/mol. The Bertz CT molecular complexity index is 353. The molecule has 0 aliphatic rings. The van der Waals surface area contributed by atoms with Gasteiger partial charge in [-0.1, -0.05) is 25.8 Å². The highest BCUT2D eigenvalue weighted by molar-refractivity contribution is 6.28. The predicted molar refractivity (Wildman–Crippen MR) is 66.8 cm³/mol. The van der Waals surface area contributed by atoms with Crippen LogP contribution >= 0.6 is 11.6 Å². The molecular formula is C12H17ClN2O. The lowest BCUT2D eigenvalue weighted by atomic mass is 10.2. The number of unbranched alkanes of at least 4 members (excludes halogenated alkanes) is 3. The van der Waals surface area contributed by atoms with Gasteiger partial charge < -0.3 is 4.74 Å². The van der Waals surface area contributed by atoms with Crippen LogP contribution in [0.3, 0.4) is 0 Å².